The molecule has 11 heteroatoms. The normalized spacial score (nSPS) is 18.6. The number of nitrogens with zero attached hydrogens (tertiary/aromatic N) is 2. The van der Waals surface area contributed by atoms with Crippen molar-refractivity contribution >= 4 is 49.7 Å². The fraction of sp³-hybridized carbons (Fsp3) is 0.357. The Kier molecular flexibility index (Phi) is 6.66. The van der Waals surface area contributed by atoms with Crippen molar-refractivity contribution in [2.45, 2.75) is 36.6 Å². The Balaban J connectivity index is 1.28. The van der Waals surface area contributed by atoms with E-state index in [4.69, 9.17) is 9.47 Å². The highest BCUT2D eigenvalue weighted by molar-refractivity contribution is 7.89. The third kappa shape index (κ3) is 4.40. The molecular formula is C28H30N4O6S. The minimum Gasteiger partial charge on any atom is -0.471 e. The fourth-order valence-corrected chi connectivity index (χ4v) is 7.34. The minimum absolute atomic E-state index is 0.0757. The number of piperidine rings is 1. The number of anilines is 3. The van der Waals surface area contributed by atoms with Crippen LogP contribution in [0.15, 0.2) is 53.4 Å². The van der Waals surface area contributed by atoms with Gasteiger partial charge in [0.2, 0.25) is 15.9 Å². The van der Waals surface area contributed by atoms with Gasteiger partial charge in [0.05, 0.1) is 16.3 Å². The molecular weight excluding hydrogens is 520 g/mol. The first-order valence-corrected chi connectivity index (χ1v) is 14.5. The van der Waals surface area contributed by atoms with Crippen LogP contribution >= 0.6 is 0 Å². The SMILES string of the molecule is COCCCN1C(=O)c2cccc3c(NC(=O)C4CCCCN4S(=O)(=O)c4ccc5c(c4)OCN5)ccc1c23. The van der Waals surface area contributed by atoms with E-state index in [2.05, 4.69) is 10.6 Å². The van der Waals surface area contributed by atoms with E-state index < -0.39 is 16.1 Å². The Morgan fingerprint density at radius 1 is 1.18 bits per heavy atom. The topological polar surface area (TPSA) is 117 Å². The number of benzene rings is 3. The number of carbonyl (C=O) groups excluding carboxylic acids is 2. The molecule has 0 spiro atoms. The highest BCUT2D eigenvalue weighted by Gasteiger charge is 2.39. The van der Waals surface area contributed by atoms with E-state index in [1.54, 1.807) is 36.3 Å². The third-order valence-corrected chi connectivity index (χ3v) is 9.48. The summed E-state index contributed by atoms with van der Waals surface area (Å²) in [6.45, 7) is 1.62. The van der Waals surface area contributed by atoms with Crippen molar-refractivity contribution in [1.82, 2.24) is 4.31 Å². The molecule has 10 nitrogen and oxygen atoms in total. The van der Waals surface area contributed by atoms with E-state index in [-0.39, 0.29) is 23.3 Å². The molecule has 1 unspecified atom stereocenters. The average Bonchev–Trinajstić information content (AvgIpc) is 3.53. The molecule has 1 atom stereocenters. The van der Waals surface area contributed by atoms with E-state index in [0.29, 0.717) is 56.1 Å². The van der Waals surface area contributed by atoms with Crippen LogP contribution in [-0.4, -0.2) is 64.1 Å². The maximum Gasteiger partial charge on any atom is 0.258 e. The van der Waals surface area contributed by atoms with Gasteiger partial charge in [0, 0.05) is 54.9 Å². The zero-order chi connectivity index (χ0) is 27.1. The number of nitrogens with one attached hydrogen (secondary N) is 2. The van der Waals surface area contributed by atoms with Crippen molar-refractivity contribution in [3.05, 3.63) is 54.1 Å². The van der Waals surface area contributed by atoms with E-state index >= 15 is 0 Å². The highest BCUT2D eigenvalue weighted by atomic mass is 32.2. The summed E-state index contributed by atoms with van der Waals surface area (Å²) in [6, 6.07) is 13.0. The largest absolute Gasteiger partial charge is 0.471 e. The highest BCUT2D eigenvalue weighted by Crippen LogP contribution is 2.41. The Labute approximate surface area is 226 Å². The quantitative estimate of drug-likeness (QED) is 0.410. The van der Waals surface area contributed by atoms with Gasteiger partial charge in [-0.3, -0.25) is 9.59 Å². The van der Waals surface area contributed by atoms with Crippen molar-refractivity contribution in [1.29, 1.82) is 0 Å². The number of methoxy groups -OCH3 is 1. The summed E-state index contributed by atoms with van der Waals surface area (Å²) in [6.07, 6.45) is 2.54. The zero-order valence-corrected chi connectivity index (χ0v) is 22.4. The van der Waals surface area contributed by atoms with Crippen LogP contribution in [-0.2, 0) is 19.6 Å². The van der Waals surface area contributed by atoms with Gasteiger partial charge in [0.15, 0.2) is 6.73 Å². The second kappa shape index (κ2) is 10.1. The molecule has 3 aliphatic rings. The molecule has 204 valence electrons. The van der Waals surface area contributed by atoms with E-state index in [1.807, 2.05) is 12.1 Å². The number of fused-ring (bicyclic) bond motifs is 1. The first kappa shape index (κ1) is 25.6. The molecule has 3 aromatic carbocycles. The van der Waals surface area contributed by atoms with Crippen LogP contribution in [0.4, 0.5) is 17.1 Å². The smallest absolute Gasteiger partial charge is 0.258 e. The van der Waals surface area contributed by atoms with Crippen LogP contribution in [0.3, 0.4) is 0 Å². The molecule has 3 aliphatic heterocycles. The Hall–Kier alpha value is -3.67. The zero-order valence-electron chi connectivity index (χ0n) is 21.6. The number of ether oxygens (including phenoxy) is 2. The summed E-state index contributed by atoms with van der Waals surface area (Å²) in [4.78, 5) is 28.6. The summed E-state index contributed by atoms with van der Waals surface area (Å²) < 4.78 is 39.3. The van der Waals surface area contributed by atoms with Crippen molar-refractivity contribution < 1.29 is 27.5 Å². The standard InChI is InChI=1S/C28H30N4O6S/c1-37-15-5-13-31-23-12-11-21(19-6-4-7-20(26(19)23)28(31)34)30-27(33)24-8-2-3-14-32(24)39(35,36)18-9-10-22-25(16-18)38-17-29-22/h4,6-7,9-12,16,24,29H,2-3,5,8,13-15,17H2,1H3,(H,30,33). The van der Waals surface area contributed by atoms with Crippen LogP contribution in [0.1, 0.15) is 36.0 Å². The third-order valence-electron chi connectivity index (χ3n) is 7.58. The van der Waals surface area contributed by atoms with Crippen LogP contribution in [0.5, 0.6) is 5.75 Å². The summed E-state index contributed by atoms with van der Waals surface area (Å²) >= 11 is 0. The summed E-state index contributed by atoms with van der Waals surface area (Å²) in [7, 11) is -2.31. The van der Waals surface area contributed by atoms with Gasteiger partial charge in [-0.05, 0) is 49.6 Å². The first-order valence-electron chi connectivity index (χ1n) is 13.1. The first-order chi connectivity index (χ1) is 18.9. The van der Waals surface area contributed by atoms with Gasteiger partial charge in [-0.15, -0.1) is 0 Å². The lowest BCUT2D eigenvalue weighted by Gasteiger charge is -2.33. The molecule has 2 amide bonds. The van der Waals surface area contributed by atoms with Crippen molar-refractivity contribution in [2.75, 3.05) is 49.1 Å². The molecule has 39 heavy (non-hydrogen) atoms. The molecule has 0 saturated carbocycles. The lowest BCUT2D eigenvalue weighted by atomic mass is 10.0. The molecule has 2 N–H and O–H groups in total. The molecule has 3 aromatic rings. The number of hydrogen-bond donors (Lipinski definition) is 2. The fourth-order valence-electron chi connectivity index (χ4n) is 5.67. The van der Waals surface area contributed by atoms with Crippen LogP contribution in [0, 0.1) is 0 Å². The van der Waals surface area contributed by atoms with Crippen LogP contribution < -0.4 is 20.3 Å². The number of hydrogen-bond acceptors (Lipinski definition) is 7. The summed E-state index contributed by atoms with van der Waals surface area (Å²) in [5.74, 6) is 0.0142. The Morgan fingerprint density at radius 3 is 2.90 bits per heavy atom. The second-order valence-electron chi connectivity index (χ2n) is 9.90. The summed E-state index contributed by atoms with van der Waals surface area (Å²) in [5, 5.41) is 7.55. The maximum atomic E-state index is 13.7. The van der Waals surface area contributed by atoms with Crippen molar-refractivity contribution in [2.24, 2.45) is 0 Å². The van der Waals surface area contributed by atoms with E-state index in [9.17, 15) is 18.0 Å². The van der Waals surface area contributed by atoms with Crippen LogP contribution in [0.25, 0.3) is 10.8 Å². The van der Waals surface area contributed by atoms with Gasteiger partial charge < -0.3 is 25.0 Å². The van der Waals surface area contributed by atoms with Gasteiger partial charge >= 0.3 is 0 Å². The Morgan fingerprint density at radius 2 is 2.05 bits per heavy atom. The number of sulfonamides is 1. The van der Waals surface area contributed by atoms with Crippen molar-refractivity contribution in [3.63, 3.8) is 0 Å². The van der Waals surface area contributed by atoms with Crippen LogP contribution in [0.2, 0.25) is 0 Å². The van der Waals surface area contributed by atoms with Gasteiger partial charge in [0.1, 0.15) is 11.8 Å². The predicted molar refractivity (Wildman–Crippen MR) is 148 cm³/mol. The monoisotopic (exact) mass is 550 g/mol. The molecule has 6 rings (SSSR count). The lowest BCUT2D eigenvalue weighted by molar-refractivity contribution is -0.120. The molecule has 0 radical (unpaired) electrons. The maximum absolute atomic E-state index is 13.7. The molecule has 0 aromatic heterocycles. The van der Waals surface area contributed by atoms with E-state index in [1.165, 1.54) is 16.4 Å². The van der Waals surface area contributed by atoms with Gasteiger partial charge in [-0.25, -0.2) is 8.42 Å². The van der Waals surface area contributed by atoms with Crippen molar-refractivity contribution in [3.8, 4) is 5.75 Å². The lowest BCUT2D eigenvalue weighted by Crippen LogP contribution is -2.49. The Bertz CT molecular complexity index is 1570. The van der Waals surface area contributed by atoms with Gasteiger partial charge in [0.25, 0.3) is 5.91 Å². The second-order valence-corrected chi connectivity index (χ2v) is 11.8. The minimum atomic E-state index is -3.94. The molecule has 1 fully saturated rings. The number of carbonyl (C=O) groups is 2. The summed E-state index contributed by atoms with van der Waals surface area (Å²) in [5.41, 5.74) is 2.68. The number of rotatable bonds is 8. The van der Waals surface area contributed by atoms with Gasteiger partial charge in [-0.2, -0.15) is 4.31 Å². The molecule has 0 bridgehead atoms. The molecule has 1 saturated heterocycles. The molecule has 3 heterocycles. The predicted octanol–water partition coefficient (Wildman–Crippen LogP) is 3.78. The number of amides is 2. The molecule has 0 aliphatic carbocycles. The average molecular weight is 551 g/mol. The van der Waals surface area contributed by atoms with Gasteiger partial charge in [-0.1, -0.05) is 18.6 Å². The van der Waals surface area contributed by atoms with E-state index in [0.717, 1.165) is 28.6 Å².